The number of ether oxygens (including phenoxy) is 5. The number of nitrogens with zero attached hydrogens (tertiary/aromatic N) is 1. The molecule has 3 saturated heterocycles. The Morgan fingerprint density at radius 2 is 1.81 bits per heavy atom. The minimum Gasteiger partial charge on any atom is -0.348 e. The van der Waals surface area contributed by atoms with Gasteiger partial charge in [-0.05, 0) is 27.7 Å². The van der Waals surface area contributed by atoms with Crippen LogP contribution in [0.25, 0.3) is 0 Å². The van der Waals surface area contributed by atoms with E-state index in [4.69, 9.17) is 28.5 Å². The summed E-state index contributed by atoms with van der Waals surface area (Å²) in [6, 6.07) is 0. The predicted octanol–water partition coefficient (Wildman–Crippen LogP) is 0.591. The van der Waals surface area contributed by atoms with Gasteiger partial charge in [0.1, 0.15) is 18.3 Å². The van der Waals surface area contributed by atoms with Crippen molar-refractivity contribution in [2.24, 2.45) is 0 Å². The van der Waals surface area contributed by atoms with Crippen LogP contribution >= 0.6 is 0 Å². The first-order valence-electron chi connectivity index (χ1n) is 6.81. The lowest BCUT2D eigenvalue weighted by Gasteiger charge is -2.27. The molecule has 9 nitrogen and oxygen atoms in total. The zero-order valence-electron chi connectivity index (χ0n) is 12.3. The third kappa shape index (κ3) is 2.84. The zero-order chi connectivity index (χ0) is 15.4. The van der Waals surface area contributed by atoms with E-state index < -0.39 is 47.4 Å². The maximum Gasteiger partial charge on any atom is 0.294 e. The molecular formula is C12H19NO8. The molecule has 0 bridgehead atoms. The zero-order valence-corrected chi connectivity index (χ0v) is 12.3. The molecule has 120 valence electrons. The molecule has 0 aromatic rings. The molecule has 5 atom stereocenters. The lowest BCUT2D eigenvalue weighted by molar-refractivity contribution is -0.771. The lowest BCUT2D eigenvalue weighted by Crippen LogP contribution is -2.45. The molecule has 3 fully saturated rings. The van der Waals surface area contributed by atoms with Crippen molar-refractivity contribution in [2.75, 3.05) is 6.61 Å². The summed E-state index contributed by atoms with van der Waals surface area (Å²) in [6.07, 6.45) is -3.49. The first-order chi connectivity index (χ1) is 9.67. The summed E-state index contributed by atoms with van der Waals surface area (Å²) in [4.78, 5) is 15.5. The summed E-state index contributed by atoms with van der Waals surface area (Å²) in [5, 5.41) is 9.90. The first kappa shape index (κ1) is 14.9. The maximum absolute atomic E-state index is 10.8. The molecule has 3 aliphatic rings. The van der Waals surface area contributed by atoms with Crippen molar-refractivity contribution in [3.05, 3.63) is 10.1 Å². The highest BCUT2D eigenvalue weighted by atomic mass is 17.0. The van der Waals surface area contributed by atoms with E-state index in [9.17, 15) is 10.1 Å². The minimum atomic E-state index is -0.922. The number of fused-ring (bicyclic) bond motifs is 1. The molecule has 0 aliphatic carbocycles. The van der Waals surface area contributed by atoms with Crippen LogP contribution in [-0.2, 0) is 28.5 Å². The van der Waals surface area contributed by atoms with Gasteiger partial charge >= 0.3 is 0 Å². The van der Waals surface area contributed by atoms with Gasteiger partial charge in [-0.15, -0.1) is 10.1 Å². The van der Waals surface area contributed by atoms with E-state index in [1.165, 1.54) is 0 Å². The van der Waals surface area contributed by atoms with Gasteiger partial charge in [0, 0.05) is 0 Å². The molecular weight excluding hydrogens is 286 g/mol. The molecule has 0 radical (unpaired) electrons. The van der Waals surface area contributed by atoms with E-state index in [2.05, 4.69) is 0 Å². The van der Waals surface area contributed by atoms with E-state index >= 15 is 0 Å². The highest BCUT2D eigenvalue weighted by Crippen LogP contribution is 2.41. The number of hydrogen-bond acceptors (Lipinski definition) is 8. The van der Waals surface area contributed by atoms with Gasteiger partial charge < -0.3 is 28.5 Å². The van der Waals surface area contributed by atoms with E-state index in [0.717, 1.165) is 0 Å². The fourth-order valence-electron chi connectivity index (χ4n) is 2.90. The van der Waals surface area contributed by atoms with Gasteiger partial charge in [0.25, 0.3) is 5.09 Å². The molecule has 9 heteroatoms. The smallest absolute Gasteiger partial charge is 0.294 e. The Bertz CT molecular complexity index is 439. The Morgan fingerprint density at radius 3 is 2.38 bits per heavy atom. The van der Waals surface area contributed by atoms with Crippen LogP contribution in [0.1, 0.15) is 27.7 Å². The van der Waals surface area contributed by atoms with Crippen LogP contribution in [0.5, 0.6) is 0 Å². The standard InChI is InChI=1S/C12H19NO8/c1-11(2)16-5-6(18-11)7-8(21-13(14)15)9-10(17-7)20-12(3,4)19-9/h6-10H,5H2,1-4H3/t6-,7-,8+,9-,10-/m1/s1. The van der Waals surface area contributed by atoms with Gasteiger partial charge in [-0.2, -0.15) is 0 Å². The van der Waals surface area contributed by atoms with Crippen LogP contribution in [0.2, 0.25) is 0 Å². The van der Waals surface area contributed by atoms with Crippen LogP contribution < -0.4 is 0 Å². The Morgan fingerprint density at radius 1 is 1.10 bits per heavy atom. The van der Waals surface area contributed by atoms with Crippen molar-refractivity contribution < 1.29 is 33.6 Å². The molecule has 3 aliphatic heterocycles. The van der Waals surface area contributed by atoms with Crippen molar-refractivity contribution in [1.29, 1.82) is 0 Å². The van der Waals surface area contributed by atoms with Gasteiger partial charge in [0.2, 0.25) is 0 Å². The molecule has 0 spiro atoms. The van der Waals surface area contributed by atoms with Gasteiger partial charge in [0.05, 0.1) is 6.61 Å². The van der Waals surface area contributed by atoms with Gasteiger partial charge in [0.15, 0.2) is 24.0 Å². The Hall–Kier alpha value is -1.00. The molecule has 21 heavy (non-hydrogen) atoms. The second-order valence-electron chi connectivity index (χ2n) is 6.23. The third-order valence-electron chi connectivity index (χ3n) is 3.63. The molecule has 0 amide bonds. The van der Waals surface area contributed by atoms with Gasteiger partial charge in [-0.1, -0.05) is 0 Å². The lowest BCUT2D eigenvalue weighted by atomic mass is 10.1. The third-order valence-corrected chi connectivity index (χ3v) is 3.63. The monoisotopic (exact) mass is 305 g/mol. The van der Waals surface area contributed by atoms with Crippen molar-refractivity contribution >= 4 is 0 Å². The van der Waals surface area contributed by atoms with Crippen LogP contribution in [0, 0.1) is 10.1 Å². The van der Waals surface area contributed by atoms with Crippen molar-refractivity contribution in [1.82, 2.24) is 0 Å². The second kappa shape index (κ2) is 4.75. The minimum absolute atomic E-state index is 0.262. The van der Waals surface area contributed by atoms with E-state index in [1.807, 2.05) is 0 Å². The predicted molar refractivity (Wildman–Crippen MR) is 65.5 cm³/mol. The largest absolute Gasteiger partial charge is 0.348 e. The first-order valence-corrected chi connectivity index (χ1v) is 6.81. The summed E-state index contributed by atoms with van der Waals surface area (Å²) >= 11 is 0. The van der Waals surface area contributed by atoms with Crippen LogP contribution in [0.3, 0.4) is 0 Å². The molecule has 0 aromatic heterocycles. The SMILES string of the molecule is CC1(C)O[C@H]2O[C@H]([C@H]3COC(C)(C)O3)[C@H](O[N+](=O)[O-])[C@H]2O1. The summed E-state index contributed by atoms with van der Waals surface area (Å²) in [5.74, 6) is -1.63. The number of rotatable bonds is 3. The van der Waals surface area contributed by atoms with Crippen molar-refractivity contribution in [3.63, 3.8) is 0 Å². The summed E-state index contributed by atoms with van der Waals surface area (Å²) in [7, 11) is 0. The molecule has 0 unspecified atom stereocenters. The van der Waals surface area contributed by atoms with Crippen LogP contribution in [-0.4, -0.2) is 54.0 Å². The quantitative estimate of drug-likeness (QED) is 0.552. The van der Waals surface area contributed by atoms with Gasteiger partial charge in [-0.25, -0.2) is 0 Å². The van der Waals surface area contributed by atoms with Crippen molar-refractivity contribution in [2.45, 2.75) is 70.0 Å². The van der Waals surface area contributed by atoms with Crippen LogP contribution in [0.4, 0.5) is 0 Å². The Kier molecular flexibility index (Phi) is 3.37. The van der Waals surface area contributed by atoms with Gasteiger partial charge in [-0.3, -0.25) is 0 Å². The highest BCUT2D eigenvalue weighted by molar-refractivity contribution is 4.98. The highest BCUT2D eigenvalue weighted by Gasteiger charge is 2.59. The van der Waals surface area contributed by atoms with Crippen LogP contribution in [0.15, 0.2) is 0 Å². The normalized spacial score (nSPS) is 43.7. The summed E-state index contributed by atoms with van der Waals surface area (Å²) in [6.45, 7) is 7.22. The molecule has 3 heterocycles. The van der Waals surface area contributed by atoms with E-state index in [-0.39, 0.29) is 6.61 Å². The fourth-order valence-corrected chi connectivity index (χ4v) is 2.90. The maximum atomic E-state index is 10.8. The molecule has 0 aromatic carbocycles. The topological polar surface area (TPSA) is 98.5 Å². The van der Waals surface area contributed by atoms with Crippen molar-refractivity contribution in [3.8, 4) is 0 Å². The average molecular weight is 305 g/mol. The van der Waals surface area contributed by atoms with E-state index in [1.54, 1.807) is 27.7 Å². The van der Waals surface area contributed by atoms with E-state index in [0.29, 0.717) is 0 Å². The fraction of sp³-hybridized carbons (Fsp3) is 1.00. The summed E-state index contributed by atoms with van der Waals surface area (Å²) in [5.41, 5.74) is 0. The molecule has 3 rings (SSSR count). The Labute approximate surface area is 121 Å². The summed E-state index contributed by atoms with van der Waals surface area (Å²) < 4.78 is 28.1. The molecule has 0 saturated carbocycles. The average Bonchev–Trinajstić information content (AvgIpc) is 2.90. The Balaban J connectivity index is 1.77. The molecule has 0 N–H and O–H groups in total. The second-order valence-corrected chi connectivity index (χ2v) is 6.23. The number of hydrogen-bond donors (Lipinski definition) is 0.